The van der Waals surface area contributed by atoms with Crippen LogP contribution in [0.25, 0.3) is 0 Å². The standard InChI is InChI=1S/C14H20N2O2/c1-14(2,3)16-11(9-15)10-7-6-8-12(17-4)13(10)18-5/h6-8,11,16H,1-5H3. The van der Waals surface area contributed by atoms with Crippen molar-refractivity contribution in [3.63, 3.8) is 0 Å². The van der Waals surface area contributed by atoms with E-state index in [2.05, 4.69) is 11.4 Å². The first-order valence-electron chi connectivity index (χ1n) is 5.81. The lowest BCUT2D eigenvalue weighted by atomic mass is 10.0. The maximum Gasteiger partial charge on any atom is 0.166 e. The van der Waals surface area contributed by atoms with Crippen LogP contribution < -0.4 is 14.8 Å². The van der Waals surface area contributed by atoms with Crippen molar-refractivity contribution in [2.45, 2.75) is 32.4 Å². The molecule has 0 heterocycles. The highest BCUT2D eigenvalue weighted by Gasteiger charge is 2.23. The minimum Gasteiger partial charge on any atom is -0.493 e. The van der Waals surface area contributed by atoms with E-state index in [1.807, 2.05) is 39.0 Å². The SMILES string of the molecule is COc1cccc(C(C#N)NC(C)(C)C)c1OC. The van der Waals surface area contributed by atoms with Gasteiger partial charge in [-0.15, -0.1) is 0 Å². The largest absolute Gasteiger partial charge is 0.493 e. The summed E-state index contributed by atoms with van der Waals surface area (Å²) in [5, 5.41) is 12.6. The lowest BCUT2D eigenvalue weighted by Gasteiger charge is -2.26. The topological polar surface area (TPSA) is 54.3 Å². The Hall–Kier alpha value is -1.73. The van der Waals surface area contributed by atoms with Crippen LogP contribution in [0.2, 0.25) is 0 Å². The second-order valence-electron chi connectivity index (χ2n) is 5.04. The molecule has 18 heavy (non-hydrogen) atoms. The number of hydrogen-bond acceptors (Lipinski definition) is 4. The van der Waals surface area contributed by atoms with Crippen LogP contribution in [0.3, 0.4) is 0 Å². The Morgan fingerprint density at radius 3 is 2.33 bits per heavy atom. The van der Waals surface area contributed by atoms with Gasteiger partial charge in [-0.25, -0.2) is 0 Å². The first-order valence-corrected chi connectivity index (χ1v) is 5.81. The van der Waals surface area contributed by atoms with Gasteiger partial charge in [-0.3, -0.25) is 5.32 Å². The maximum absolute atomic E-state index is 9.32. The van der Waals surface area contributed by atoms with E-state index >= 15 is 0 Å². The minimum atomic E-state index is -0.435. The summed E-state index contributed by atoms with van der Waals surface area (Å²) in [5.74, 6) is 1.23. The fraction of sp³-hybridized carbons (Fsp3) is 0.500. The Morgan fingerprint density at radius 2 is 1.89 bits per heavy atom. The lowest BCUT2D eigenvalue weighted by molar-refractivity contribution is 0.342. The highest BCUT2D eigenvalue weighted by Crippen LogP contribution is 2.34. The molecule has 0 aliphatic carbocycles. The molecule has 1 aromatic carbocycles. The summed E-state index contributed by atoms with van der Waals surface area (Å²) >= 11 is 0. The van der Waals surface area contributed by atoms with E-state index in [0.29, 0.717) is 11.5 Å². The number of rotatable bonds is 4. The predicted molar refractivity (Wildman–Crippen MR) is 70.8 cm³/mol. The molecule has 1 rings (SSSR count). The molecule has 1 aromatic rings. The van der Waals surface area contributed by atoms with Gasteiger partial charge in [0.25, 0.3) is 0 Å². The highest BCUT2D eigenvalue weighted by molar-refractivity contribution is 5.49. The van der Waals surface area contributed by atoms with Crippen molar-refractivity contribution in [2.24, 2.45) is 0 Å². The van der Waals surface area contributed by atoms with Gasteiger partial charge in [0.05, 0.1) is 20.3 Å². The molecule has 0 saturated carbocycles. The summed E-state index contributed by atoms with van der Waals surface area (Å²) in [6.45, 7) is 6.05. The van der Waals surface area contributed by atoms with Crippen LogP contribution in [-0.2, 0) is 0 Å². The van der Waals surface area contributed by atoms with E-state index in [-0.39, 0.29) is 5.54 Å². The number of benzene rings is 1. The number of nitrogens with one attached hydrogen (secondary N) is 1. The number of nitrogens with zero attached hydrogens (tertiary/aromatic N) is 1. The Morgan fingerprint density at radius 1 is 1.22 bits per heavy atom. The van der Waals surface area contributed by atoms with Crippen LogP contribution >= 0.6 is 0 Å². The molecular formula is C14H20N2O2. The molecule has 1 N–H and O–H groups in total. The van der Waals surface area contributed by atoms with Gasteiger partial charge in [0, 0.05) is 11.1 Å². The fourth-order valence-corrected chi connectivity index (χ4v) is 1.75. The van der Waals surface area contributed by atoms with E-state index in [4.69, 9.17) is 9.47 Å². The van der Waals surface area contributed by atoms with E-state index in [0.717, 1.165) is 5.56 Å². The van der Waals surface area contributed by atoms with Crippen LogP contribution in [0, 0.1) is 11.3 Å². The van der Waals surface area contributed by atoms with Crippen molar-refractivity contribution in [3.8, 4) is 17.6 Å². The van der Waals surface area contributed by atoms with E-state index < -0.39 is 6.04 Å². The zero-order chi connectivity index (χ0) is 13.8. The van der Waals surface area contributed by atoms with Crippen LogP contribution in [0.5, 0.6) is 11.5 Å². The normalized spacial score (nSPS) is 12.7. The summed E-state index contributed by atoms with van der Waals surface area (Å²) in [5.41, 5.74) is 0.628. The molecule has 0 spiro atoms. The molecule has 1 unspecified atom stereocenters. The Bertz CT molecular complexity index is 444. The molecule has 0 aliphatic rings. The van der Waals surface area contributed by atoms with Crippen molar-refractivity contribution < 1.29 is 9.47 Å². The van der Waals surface area contributed by atoms with Gasteiger partial charge in [0.2, 0.25) is 0 Å². The van der Waals surface area contributed by atoms with Crippen LogP contribution in [0.1, 0.15) is 32.4 Å². The zero-order valence-electron chi connectivity index (χ0n) is 11.6. The van der Waals surface area contributed by atoms with Crippen molar-refractivity contribution in [2.75, 3.05) is 14.2 Å². The van der Waals surface area contributed by atoms with Gasteiger partial charge in [-0.1, -0.05) is 12.1 Å². The fourth-order valence-electron chi connectivity index (χ4n) is 1.75. The van der Waals surface area contributed by atoms with Gasteiger partial charge >= 0.3 is 0 Å². The van der Waals surface area contributed by atoms with Crippen molar-refractivity contribution >= 4 is 0 Å². The van der Waals surface area contributed by atoms with Crippen LogP contribution in [0.4, 0.5) is 0 Å². The number of nitriles is 1. The van der Waals surface area contributed by atoms with Gasteiger partial charge in [-0.2, -0.15) is 5.26 Å². The molecule has 0 radical (unpaired) electrons. The monoisotopic (exact) mass is 248 g/mol. The van der Waals surface area contributed by atoms with E-state index in [9.17, 15) is 5.26 Å². The summed E-state index contributed by atoms with van der Waals surface area (Å²) in [6, 6.07) is 7.35. The van der Waals surface area contributed by atoms with Crippen molar-refractivity contribution in [3.05, 3.63) is 23.8 Å². The summed E-state index contributed by atoms with van der Waals surface area (Å²) in [7, 11) is 3.16. The molecule has 0 aliphatic heterocycles. The van der Waals surface area contributed by atoms with Crippen LogP contribution in [-0.4, -0.2) is 19.8 Å². The number of para-hydroxylation sites is 1. The number of ether oxygens (including phenoxy) is 2. The van der Waals surface area contributed by atoms with E-state index in [1.54, 1.807) is 14.2 Å². The lowest BCUT2D eigenvalue weighted by Crippen LogP contribution is -2.38. The molecule has 0 aromatic heterocycles. The second kappa shape index (κ2) is 5.74. The maximum atomic E-state index is 9.32. The first-order chi connectivity index (χ1) is 8.42. The molecular weight excluding hydrogens is 228 g/mol. The Balaban J connectivity index is 3.18. The summed E-state index contributed by atoms with van der Waals surface area (Å²) in [6.07, 6.45) is 0. The molecule has 0 saturated heterocycles. The summed E-state index contributed by atoms with van der Waals surface area (Å²) < 4.78 is 10.6. The molecule has 1 atom stereocenters. The minimum absolute atomic E-state index is 0.158. The number of methoxy groups -OCH3 is 2. The first kappa shape index (κ1) is 14.3. The third kappa shape index (κ3) is 3.38. The molecule has 4 heteroatoms. The molecule has 98 valence electrons. The Labute approximate surface area is 109 Å². The van der Waals surface area contributed by atoms with Crippen molar-refractivity contribution in [1.82, 2.24) is 5.32 Å². The highest BCUT2D eigenvalue weighted by atomic mass is 16.5. The predicted octanol–water partition coefficient (Wildman–Crippen LogP) is 2.66. The van der Waals surface area contributed by atoms with E-state index in [1.165, 1.54) is 0 Å². The summed E-state index contributed by atoms with van der Waals surface area (Å²) in [4.78, 5) is 0. The van der Waals surface area contributed by atoms with Gasteiger partial charge < -0.3 is 9.47 Å². The van der Waals surface area contributed by atoms with Gasteiger partial charge in [-0.05, 0) is 26.8 Å². The molecule has 0 bridgehead atoms. The van der Waals surface area contributed by atoms with Crippen LogP contribution in [0.15, 0.2) is 18.2 Å². The average Bonchev–Trinajstić information content (AvgIpc) is 2.33. The molecule has 4 nitrogen and oxygen atoms in total. The zero-order valence-corrected chi connectivity index (χ0v) is 11.6. The van der Waals surface area contributed by atoms with Crippen molar-refractivity contribution in [1.29, 1.82) is 5.26 Å². The Kier molecular flexibility index (Phi) is 4.57. The second-order valence-corrected chi connectivity index (χ2v) is 5.04. The van der Waals surface area contributed by atoms with Gasteiger partial charge in [0.15, 0.2) is 11.5 Å². The number of hydrogen-bond donors (Lipinski definition) is 1. The average molecular weight is 248 g/mol. The third-order valence-electron chi connectivity index (χ3n) is 2.45. The third-order valence-corrected chi connectivity index (χ3v) is 2.45. The quantitative estimate of drug-likeness (QED) is 0.890. The molecule has 0 fully saturated rings. The smallest absolute Gasteiger partial charge is 0.166 e. The van der Waals surface area contributed by atoms with Gasteiger partial charge in [0.1, 0.15) is 6.04 Å². The molecule has 0 amide bonds.